The number of hydrogen-bond acceptors (Lipinski definition) is 3. The van der Waals surface area contributed by atoms with Gasteiger partial charge in [-0.25, -0.2) is 4.98 Å². The molecule has 0 amide bonds. The molecule has 19 heavy (non-hydrogen) atoms. The van der Waals surface area contributed by atoms with E-state index in [1.54, 1.807) is 11.3 Å². The Morgan fingerprint density at radius 2 is 2.11 bits per heavy atom. The van der Waals surface area contributed by atoms with Crippen molar-refractivity contribution in [2.24, 2.45) is 5.92 Å². The zero-order valence-electron chi connectivity index (χ0n) is 11.1. The SMILES string of the molecule is Cc1ccc(Br)cc1-c1csc(C(C#N)C(C)C)n1. The Balaban J connectivity index is 2.41. The van der Waals surface area contributed by atoms with E-state index < -0.39 is 0 Å². The first-order chi connectivity index (χ1) is 9.02. The van der Waals surface area contributed by atoms with Crippen LogP contribution in [0.4, 0.5) is 0 Å². The lowest BCUT2D eigenvalue weighted by Gasteiger charge is -2.09. The molecule has 1 heterocycles. The number of rotatable bonds is 3. The predicted molar refractivity (Wildman–Crippen MR) is 83.2 cm³/mol. The molecule has 0 saturated carbocycles. The Kier molecular flexibility index (Phi) is 4.38. The maximum atomic E-state index is 9.24. The van der Waals surface area contributed by atoms with Crippen LogP contribution in [0.3, 0.4) is 0 Å². The normalized spacial score (nSPS) is 12.4. The Morgan fingerprint density at radius 1 is 1.37 bits per heavy atom. The number of benzene rings is 1. The highest BCUT2D eigenvalue weighted by Crippen LogP contribution is 2.32. The highest BCUT2D eigenvalue weighted by atomic mass is 79.9. The van der Waals surface area contributed by atoms with E-state index in [0.717, 1.165) is 20.7 Å². The van der Waals surface area contributed by atoms with E-state index in [-0.39, 0.29) is 11.8 Å². The van der Waals surface area contributed by atoms with Crippen molar-refractivity contribution in [2.75, 3.05) is 0 Å². The van der Waals surface area contributed by atoms with E-state index in [9.17, 15) is 5.26 Å². The minimum atomic E-state index is -0.119. The van der Waals surface area contributed by atoms with E-state index >= 15 is 0 Å². The van der Waals surface area contributed by atoms with E-state index in [2.05, 4.69) is 59.9 Å². The average molecular weight is 335 g/mol. The van der Waals surface area contributed by atoms with Gasteiger partial charge in [-0.1, -0.05) is 35.8 Å². The van der Waals surface area contributed by atoms with E-state index in [0.29, 0.717) is 0 Å². The first-order valence-corrected chi connectivity index (χ1v) is 7.81. The van der Waals surface area contributed by atoms with Gasteiger partial charge in [0.1, 0.15) is 10.9 Å². The summed E-state index contributed by atoms with van der Waals surface area (Å²) in [5.74, 6) is 0.166. The number of aryl methyl sites for hydroxylation is 1. The topological polar surface area (TPSA) is 36.7 Å². The van der Waals surface area contributed by atoms with Crippen molar-refractivity contribution < 1.29 is 0 Å². The number of nitriles is 1. The second kappa shape index (κ2) is 5.85. The molecule has 0 aliphatic heterocycles. The van der Waals surface area contributed by atoms with Gasteiger partial charge in [0.05, 0.1) is 11.8 Å². The summed E-state index contributed by atoms with van der Waals surface area (Å²) in [7, 11) is 0. The first kappa shape index (κ1) is 14.2. The van der Waals surface area contributed by atoms with Gasteiger partial charge in [0.15, 0.2) is 0 Å². The molecule has 4 heteroatoms. The molecule has 2 nitrogen and oxygen atoms in total. The largest absolute Gasteiger partial charge is 0.240 e. The maximum absolute atomic E-state index is 9.24. The van der Waals surface area contributed by atoms with Crippen molar-refractivity contribution in [2.45, 2.75) is 26.7 Å². The Hall–Kier alpha value is -1.18. The lowest BCUT2D eigenvalue weighted by molar-refractivity contribution is 0.585. The summed E-state index contributed by atoms with van der Waals surface area (Å²) in [6.45, 7) is 6.18. The van der Waals surface area contributed by atoms with Crippen molar-refractivity contribution in [1.82, 2.24) is 4.98 Å². The maximum Gasteiger partial charge on any atom is 0.111 e. The number of halogens is 1. The molecule has 98 valence electrons. The minimum absolute atomic E-state index is 0.119. The lowest BCUT2D eigenvalue weighted by Crippen LogP contribution is -2.03. The number of thiazole rings is 1. The molecule has 0 N–H and O–H groups in total. The fourth-order valence-electron chi connectivity index (χ4n) is 1.91. The number of nitrogens with zero attached hydrogens (tertiary/aromatic N) is 2. The zero-order valence-corrected chi connectivity index (χ0v) is 13.5. The first-order valence-electron chi connectivity index (χ1n) is 6.14. The molecule has 2 rings (SSSR count). The molecular formula is C15H15BrN2S. The van der Waals surface area contributed by atoms with Crippen LogP contribution in [-0.4, -0.2) is 4.98 Å². The van der Waals surface area contributed by atoms with Crippen LogP contribution in [0.1, 0.15) is 30.3 Å². The van der Waals surface area contributed by atoms with Gasteiger partial charge < -0.3 is 0 Å². The van der Waals surface area contributed by atoms with Crippen LogP contribution in [0.25, 0.3) is 11.3 Å². The third-order valence-electron chi connectivity index (χ3n) is 3.07. The van der Waals surface area contributed by atoms with Crippen LogP contribution in [0, 0.1) is 24.2 Å². The summed E-state index contributed by atoms with van der Waals surface area (Å²) in [5, 5.41) is 12.2. The molecule has 0 fully saturated rings. The van der Waals surface area contributed by atoms with E-state index in [1.807, 2.05) is 11.4 Å². The van der Waals surface area contributed by atoms with Crippen LogP contribution >= 0.6 is 27.3 Å². The second-order valence-corrected chi connectivity index (χ2v) is 6.69. The summed E-state index contributed by atoms with van der Waals surface area (Å²) in [4.78, 5) is 4.65. The average Bonchev–Trinajstić information content (AvgIpc) is 2.82. The van der Waals surface area contributed by atoms with Crippen molar-refractivity contribution in [1.29, 1.82) is 5.26 Å². The molecule has 2 aromatic rings. The molecule has 1 aromatic carbocycles. The smallest absolute Gasteiger partial charge is 0.111 e. The molecule has 0 bridgehead atoms. The lowest BCUT2D eigenvalue weighted by atomic mass is 9.98. The van der Waals surface area contributed by atoms with Gasteiger partial charge in [-0.05, 0) is 30.5 Å². The van der Waals surface area contributed by atoms with E-state index in [1.165, 1.54) is 5.56 Å². The summed E-state index contributed by atoms with van der Waals surface area (Å²) >= 11 is 5.06. The standard InChI is InChI=1S/C15H15BrN2S/c1-9(2)13(7-17)15-18-14(8-19-15)12-6-11(16)5-4-10(12)3/h4-6,8-9,13H,1-3H3. The van der Waals surface area contributed by atoms with Gasteiger partial charge in [-0.15, -0.1) is 11.3 Å². The monoisotopic (exact) mass is 334 g/mol. The van der Waals surface area contributed by atoms with Gasteiger partial charge in [-0.3, -0.25) is 0 Å². The van der Waals surface area contributed by atoms with E-state index in [4.69, 9.17) is 0 Å². The fourth-order valence-corrected chi connectivity index (χ4v) is 3.31. The Labute approximate surface area is 126 Å². The minimum Gasteiger partial charge on any atom is -0.240 e. The molecule has 0 saturated heterocycles. The van der Waals surface area contributed by atoms with Crippen LogP contribution < -0.4 is 0 Å². The van der Waals surface area contributed by atoms with Gasteiger partial charge in [0.2, 0.25) is 0 Å². The quantitative estimate of drug-likeness (QED) is 0.778. The Bertz CT molecular complexity index is 625. The van der Waals surface area contributed by atoms with Gasteiger partial charge in [0, 0.05) is 15.4 Å². The summed E-state index contributed by atoms with van der Waals surface area (Å²) in [6, 6.07) is 8.52. The third kappa shape index (κ3) is 3.05. The van der Waals surface area contributed by atoms with Gasteiger partial charge in [0.25, 0.3) is 0 Å². The Morgan fingerprint density at radius 3 is 2.74 bits per heavy atom. The third-order valence-corrected chi connectivity index (χ3v) is 4.49. The molecule has 0 radical (unpaired) electrons. The molecule has 1 unspecified atom stereocenters. The van der Waals surface area contributed by atoms with Crippen LogP contribution in [-0.2, 0) is 0 Å². The fraction of sp³-hybridized carbons (Fsp3) is 0.333. The number of hydrogen-bond donors (Lipinski definition) is 0. The highest BCUT2D eigenvalue weighted by Gasteiger charge is 2.19. The van der Waals surface area contributed by atoms with Crippen molar-refractivity contribution in [3.05, 3.63) is 38.6 Å². The van der Waals surface area contributed by atoms with Gasteiger partial charge >= 0.3 is 0 Å². The van der Waals surface area contributed by atoms with Crippen molar-refractivity contribution in [3.63, 3.8) is 0 Å². The molecule has 0 aliphatic carbocycles. The number of aromatic nitrogens is 1. The highest BCUT2D eigenvalue weighted by molar-refractivity contribution is 9.10. The summed E-state index contributed by atoms with van der Waals surface area (Å²) in [6.07, 6.45) is 0. The van der Waals surface area contributed by atoms with Crippen LogP contribution in [0.2, 0.25) is 0 Å². The van der Waals surface area contributed by atoms with Crippen LogP contribution in [0.5, 0.6) is 0 Å². The molecule has 1 aromatic heterocycles. The molecule has 0 aliphatic rings. The zero-order chi connectivity index (χ0) is 14.0. The summed E-state index contributed by atoms with van der Waals surface area (Å²) in [5.41, 5.74) is 3.27. The second-order valence-electron chi connectivity index (χ2n) is 4.88. The molecular weight excluding hydrogens is 320 g/mol. The van der Waals surface area contributed by atoms with Crippen molar-refractivity contribution >= 4 is 27.3 Å². The molecule has 0 spiro atoms. The van der Waals surface area contributed by atoms with Gasteiger partial charge in [-0.2, -0.15) is 5.26 Å². The predicted octanol–water partition coefficient (Wildman–Crippen LogP) is 5.14. The van der Waals surface area contributed by atoms with Crippen LogP contribution in [0.15, 0.2) is 28.1 Å². The summed E-state index contributed by atoms with van der Waals surface area (Å²) < 4.78 is 1.04. The molecule has 1 atom stereocenters. The van der Waals surface area contributed by atoms with Crippen molar-refractivity contribution in [3.8, 4) is 17.3 Å².